The lowest BCUT2D eigenvalue weighted by Gasteiger charge is -2.20. The van der Waals surface area contributed by atoms with E-state index < -0.39 is 12.0 Å². The quantitative estimate of drug-likeness (QED) is 0.940. The van der Waals surface area contributed by atoms with Gasteiger partial charge in [-0.1, -0.05) is 0 Å². The van der Waals surface area contributed by atoms with Gasteiger partial charge in [-0.15, -0.1) is 11.3 Å². The van der Waals surface area contributed by atoms with Crippen LogP contribution in [0.5, 0.6) is 0 Å². The van der Waals surface area contributed by atoms with Gasteiger partial charge in [0.1, 0.15) is 16.7 Å². The molecule has 2 aromatic heterocycles. The molecule has 1 saturated heterocycles. The molecule has 1 fully saturated rings. The minimum atomic E-state index is -0.949. The lowest BCUT2D eigenvalue weighted by Crippen LogP contribution is -2.40. The van der Waals surface area contributed by atoms with E-state index in [0.717, 1.165) is 5.76 Å². The first-order valence-electron chi connectivity index (χ1n) is 7.05. The average molecular weight is 320 g/mol. The van der Waals surface area contributed by atoms with E-state index in [0.29, 0.717) is 40.7 Å². The number of aliphatic carboxylic acids is 1. The number of carboxylic acids is 1. The van der Waals surface area contributed by atoms with Crippen LogP contribution in [-0.4, -0.2) is 39.5 Å². The summed E-state index contributed by atoms with van der Waals surface area (Å²) in [4.78, 5) is 30.2. The number of thiazole rings is 1. The van der Waals surface area contributed by atoms with Crippen molar-refractivity contribution >= 4 is 23.2 Å². The molecule has 0 bridgehead atoms. The van der Waals surface area contributed by atoms with Crippen LogP contribution in [0.25, 0.3) is 10.8 Å². The number of aromatic nitrogens is 1. The molecule has 3 rings (SSSR count). The first-order chi connectivity index (χ1) is 10.5. The predicted molar refractivity (Wildman–Crippen MR) is 81.0 cm³/mol. The molecule has 0 aliphatic carbocycles. The van der Waals surface area contributed by atoms with Crippen molar-refractivity contribution < 1.29 is 19.1 Å². The second-order valence-electron chi connectivity index (χ2n) is 5.34. The van der Waals surface area contributed by atoms with Gasteiger partial charge < -0.3 is 14.4 Å². The summed E-state index contributed by atoms with van der Waals surface area (Å²) in [5.74, 6) is 0.200. The summed E-state index contributed by atoms with van der Waals surface area (Å²) >= 11 is 1.25. The maximum atomic E-state index is 12.6. The minimum absolute atomic E-state index is 0.255. The normalized spacial score (nSPS) is 17.9. The Labute approximate surface area is 131 Å². The van der Waals surface area contributed by atoms with E-state index in [4.69, 9.17) is 4.42 Å². The van der Waals surface area contributed by atoms with Crippen LogP contribution < -0.4 is 0 Å². The fraction of sp³-hybridized carbons (Fsp3) is 0.400. The molecule has 116 valence electrons. The van der Waals surface area contributed by atoms with Crippen molar-refractivity contribution in [2.75, 3.05) is 6.54 Å². The van der Waals surface area contributed by atoms with Gasteiger partial charge in [-0.3, -0.25) is 4.79 Å². The van der Waals surface area contributed by atoms with Crippen molar-refractivity contribution in [3.63, 3.8) is 0 Å². The maximum Gasteiger partial charge on any atom is 0.326 e. The van der Waals surface area contributed by atoms with Gasteiger partial charge in [0.15, 0.2) is 10.8 Å². The minimum Gasteiger partial charge on any atom is -0.480 e. The summed E-state index contributed by atoms with van der Waals surface area (Å²) < 4.78 is 5.53. The summed E-state index contributed by atoms with van der Waals surface area (Å²) in [5, 5.41) is 9.85. The standard InChI is InChI=1S/C15H16N2O4S/c1-8-5-6-11(21-8)13-16-9(2)12(22-13)14(18)17-7-3-4-10(17)15(19)20/h5-6,10H,3-4,7H2,1-2H3,(H,19,20)/t10-/m0/s1. The Morgan fingerprint density at radius 3 is 2.82 bits per heavy atom. The number of rotatable bonds is 3. The van der Waals surface area contributed by atoms with E-state index in [1.807, 2.05) is 19.1 Å². The highest BCUT2D eigenvalue weighted by molar-refractivity contribution is 7.17. The van der Waals surface area contributed by atoms with E-state index in [1.54, 1.807) is 6.92 Å². The van der Waals surface area contributed by atoms with Crippen molar-refractivity contribution in [1.82, 2.24) is 9.88 Å². The molecule has 0 unspecified atom stereocenters. The summed E-state index contributed by atoms with van der Waals surface area (Å²) in [7, 11) is 0. The molecule has 0 spiro atoms. The van der Waals surface area contributed by atoms with Crippen LogP contribution in [0.15, 0.2) is 16.5 Å². The highest BCUT2D eigenvalue weighted by Gasteiger charge is 2.36. The molecule has 6 nitrogen and oxygen atoms in total. The molecule has 3 heterocycles. The molecule has 1 amide bonds. The average Bonchev–Trinajstić information content (AvgIpc) is 3.16. The number of nitrogens with zero attached hydrogens (tertiary/aromatic N) is 2. The van der Waals surface area contributed by atoms with Gasteiger partial charge in [-0.2, -0.15) is 0 Å². The van der Waals surface area contributed by atoms with Crippen LogP contribution in [0, 0.1) is 13.8 Å². The van der Waals surface area contributed by atoms with Crippen molar-refractivity contribution in [2.24, 2.45) is 0 Å². The molecule has 1 atom stereocenters. The van der Waals surface area contributed by atoms with Crippen molar-refractivity contribution in [2.45, 2.75) is 32.7 Å². The number of likely N-dealkylation sites (tertiary alicyclic amines) is 1. The molecular weight excluding hydrogens is 304 g/mol. The SMILES string of the molecule is Cc1ccc(-c2nc(C)c(C(=O)N3CCC[C@H]3C(=O)O)s2)o1. The molecular formula is C15H16N2O4S. The third-order valence-electron chi connectivity index (χ3n) is 3.74. The number of carbonyl (C=O) groups excluding carboxylic acids is 1. The summed E-state index contributed by atoms with van der Waals surface area (Å²) in [6.45, 7) is 4.08. The summed E-state index contributed by atoms with van der Waals surface area (Å²) in [6, 6.07) is 2.93. The highest BCUT2D eigenvalue weighted by atomic mass is 32.1. The molecule has 0 saturated carbocycles. The Kier molecular flexibility index (Phi) is 3.74. The van der Waals surface area contributed by atoms with Crippen LogP contribution in [0.4, 0.5) is 0 Å². The van der Waals surface area contributed by atoms with Crippen LogP contribution >= 0.6 is 11.3 Å². The molecule has 1 aliphatic heterocycles. The zero-order valence-corrected chi connectivity index (χ0v) is 13.1. The van der Waals surface area contributed by atoms with Gasteiger partial charge in [0.25, 0.3) is 5.91 Å². The number of furan rings is 1. The van der Waals surface area contributed by atoms with E-state index >= 15 is 0 Å². The smallest absolute Gasteiger partial charge is 0.326 e. The Balaban J connectivity index is 1.90. The molecule has 2 aromatic rings. The van der Waals surface area contributed by atoms with Gasteiger partial charge in [-0.05, 0) is 38.8 Å². The maximum absolute atomic E-state index is 12.6. The number of amides is 1. The first-order valence-corrected chi connectivity index (χ1v) is 7.87. The molecule has 22 heavy (non-hydrogen) atoms. The van der Waals surface area contributed by atoms with Gasteiger partial charge in [0.2, 0.25) is 0 Å². The highest BCUT2D eigenvalue weighted by Crippen LogP contribution is 2.31. The van der Waals surface area contributed by atoms with Gasteiger partial charge in [-0.25, -0.2) is 9.78 Å². The Morgan fingerprint density at radius 2 is 2.18 bits per heavy atom. The van der Waals surface area contributed by atoms with Gasteiger partial charge in [0.05, 0.1) is 5.69 Å². The zero-order valence-electron chi connectivity index (χ0n) is 12.3. The number of hydrogen-bond acceptors (Lipinski definition) is 5. The topological polar surface area (TPSA) is 83.6 Å². The Bertz CT molecular complexity index is 734. The van der Waals surface area contributed by atoms with Gasteiger partial charge in [0, 0.05) is 6.54 Å². The van der Waals surface area contributed by atoms with E-state index in [-0.39, 0.29) is 5.91 Å². The zero-order chi connectivity index (χ0) is 15.9. The van der Waals surface area contributed by atoms with E-state index in [2.05, 4.69) is 4.98 Å². The summed E-state index contributed by atoms with van der Waals surface area (Å²) in [6.07, 6.45) is 1.22. The van der Waals surface area contributed by atoms with Crippen molar-refractivity contribution in [3.8, 4) is 10.8 Å². The van der Waals surface area contributed by atoms with Crippen LogP contribution in [0.1, 0.15) is 34.0 Å². The molecule has 0 radical (unpaired) electrons. The molecule has 0 aromatic carbocycles. The van der Waals surface area contributed by atoms with E-state index in [1.165, 1.54) is 16.2 Å². The number of aryl methyl sites for hydroxylation is 2. The van der Waals surface area contributed by atoms with Crippen LogP contribution in [0.2, 0.25) is 0 Å². The second-order valence-corrected chi connectivity index (χ2v) is 6.34. The second kappa shape index (κ2) is 5.57. The van der Waals surface area contributed by atoms with Gasteiger partial charge >= 0.3 is 5.97 Å². The van der Waals surface area contributed by atoms with Crippen LogP contribution in [0.3, 0.4) is 0 Å². The van der Waals surface area contributed by atoms with Crippen molar-refractivity contribution in [3.05, 3.63) is 28.5 Å². The lowest BCUT2D eigenvalue weighted by atomic mass is 10.2. The number of carboxylic acid groups (broad SMARTS) is 1. The number of carbonyl (C=O) groups is 2. The monoisotopic (exact) mass is 320 g/mol. The predicted octanol–water partition coefficient (Wildman–Crippen LogP) is 2.71. The molecule has 1 N–H and O–H groups in total. The number of hydrogen-bond donors (Lipinski definition) is 1. The largest absolute Gasteiger partial charge is 0.480 e. The third-order valence-corrected chi connectivity index (χ3v) is 4.90. The van der Waals surface area contributed by atoms with Crippen molar-refractivity contribution in [1.29, 1.82) is 0 Å². The third kappa shape index (κ3) is 2.52. The van der Waals surface area contributed by atoms with E-state index in [9.17, 15) is 14.7 Å². The first kappa shape index (κ1) is 14.8. The fourth-order valence-electron chi connectivity index (χ4n) is 2.65. The van der Waals surface area contributed by atoms with Crippen LogP contribution in [-0.2, 0) is 4.79 Å². The molecule has 1 aliphatic rings. The Morgan fingerprint density at radius 1 is 1.41 bits per heavy atom. The molecule has 7 heteroatoms. The Hall–Kier alpha value is -2.15. The lowest BCUT2D eigenvalue weighted by molar-refractivity contribution is -0.141. The fourth-order valence-corrected chi connectivity index (χ4v) is 3.63. The summed E-state index contributed by atoms with van der Waals surface area (Å²) in [5.41, 5.74) is 0.607.